The molecule has 4 aliphatic rings. The number of piperidine rings is 3. The van der Waals surface area contributed by atoms with Crippen molar-refractivity contribution in [3.05, 3.63) is 30.5 Å². The summed E-state index contributed by atoms with van der Waals surface area (Å²) in [7, 11) is 0. The van der Waals surface area contributed by atoms with E-state index in [9.17, 15) is 0 Å². The molecule has 2 aromatic rings. The molecule has 0 aliphatic carbocycles. The summed E-state index contributed by atoms with van der Waals surface area (Å²) >= 11 is 0. The molecule has 6 rings (SSSR count). The van der Waals surface area contributed by atoms with Crippen LogP contribution >= 0.6 is 0 Å². The van der Waals surface area contributed by atoms with Gasteiger partial charge in [-0.05, 0) is 38.1 Å². The Hall–Kier alpha value is -2.21. The average molecular weight is 323 g/mol. The minimum atomic E-state index is -0.0646. The molecule has 4 aliphatic heterocycles. The summed E-state index contributed by atoms with van der Waals surface area (Å²) in [5.74, 6) is 1.34. The van der Waals surface area contributed by atoms with Gasteiger partial charge in [-0.3, -0.25) is 15.2 Å². The Morgan fingerprint density at radius 2 is 2.00 bits per heavy atom. The summed E-state index contributed by atoms with van der Waals surface area (Å²) in [6.45, 7) is 4.27. The molecule has 5 heterocycles. The van der Waals surface area contributed by atoms with Gasteiger partial charge in [-0.2, -0.15) is 0 Å². The number of ether oxygens (including phenoxy) is 1. The molecule has 1 unspecified atom stereocenters. The van der Waals surface area contributed by atoms with Gasteiger partial charge in [0.25, 0.3) is 6.02 Å². The van der Waals surface area contributed by atoms with Crippen molar-refractivity contribution in [2.45, 2.75) is 24.9 Å². The number of rotatable bonds is 1. The lowest BCUT2D eigenvalue weighted by Crippen LogP contribution is -2.62. The number of aromatic nitrogens is 2. The zero-order chi connectivity index (χ0) is 16.0. The van der Waals surface area contributed by atoms with E-state index in [1.165, 1.54) is 25.9 Å². The summed E-state index contributed by atoms with van der Waals surface area (Å²) in [5, 5.41) is 3.24. The molecule has 1 aromatic heterocycles. The molecular formula is C18H21N5O. The molecule has 0 radical (unpaired) electrons. The highest BCUT2D eigenvalue weighted by atomic mass is 16.5. The maximum absolute atomic E-state index is 6.39. The SMILES string of the molecule is c1ccc2nc(NC3=NCCC4(CN5CCC4CC5)O3)cnc2c1. The highest BCUT2D eigenvalue weighted by Crippen LogP contribution is 2.42. The number of anilines is 1. The lowest BCUT2D eigenvalue weighted by Gasteiger charge is -2.53. The third-order valence-electron chi connectivity index (χ3n) is 5.60. The van der Waals surface area contributed by atoms with Crippen molar-refractivity contribution in [2.24, 2.45) is 10.9 Å². The largest absolute Gasteiger partial charge is 0.457 e. The number of benzene rings is 1. The van der Waals surface area contributed by atoms with Crippen LogP contribution < -0.4 is 5.32 Å². The molecule has 3 fully saturated rings. The number of nitrogens with one attached hydrogen (secondary N) is 1. The van der Waals surface area contributed by atoms with E-state index in [1.54, 1.807) is 6.20 Å². The molecular weight excluding hydrogens is 302 g/mol. The molecule has 124 valence electrons. The van der Waals surface area contributed by atoms with E-state index in [4.69, 9.17) is 4.74 Å². The topological polar surface area (TPSA) is 62.6 Å². The monoisotopic (exact) mass is 323 g/mol. The van der Waals surface area contributed by atoms with Gasteiger partial charge in [-0.25, -0.2) is 9.98 Å². The standard InChI is InChI=1S/C18H21N5O/c1-2-4-15-14(3-1)20-11-16(21-15)22-17-19-8-7-18(24-17)12-23-9-5-13(18)6-10-23/h1-4,11,13H,5-10,12H2,(H,19,21,22). The third-order valence-corrected chi connectivity index (χ3v) is 5.60. The van der Waals surface area contributed by atoms with Gasteiger partial charge in [0.1, 0.15) is 5.60 Å². The number of amidine groups is 1. The van der Waals surface area contributed by atoms with Gasteiger partial charge >= 0.3 is 0 Å². The highest BCUT2D eigenvalue weighted by Gasteiger charge is 2.50. The van der Waals surface area contributed by atoms with Crippen molar-refractivity contribution >= 4 is 22.9 Å². The Labute approximate surface area is 141 Å². The van der Waals surface area contributed by atoms with Gasteiger partial charge in [0.2, 0.25) is 0 Å². The van der Waals surface area contributed by atoms with E-state index in [-0.39, 0.29) is 5.60 Å². The summed E-state index contributed by atoms with van der Waals surface area (Å²) < 4.78 is 6.39. The maximum atomic E-state index is 6.39. The third kappa shape index (κ3) is 2.33. The number of hydrogen-bond donors (Lipinski definition) is 1. The van der Waals surface area contributed by atoms with E-state index >= 15 is 0 Å². The van der Waals surface area contributed by atoms with Crippen LogP contribution in [0, 0.1) is 5.92 Å². The lowest BCUT2D eigenvalue weighted by atomic mass is 9.73. The van der Waals surface area contributed by atoms with Gasteiger partial charge < -0.3 is 4.74 Å². The van der Waals surface area contributed by atoms with Crippen LogP contribution in [0.5, 0.6) is 0 Å². The van der Waals surface area contributed by atoms with E-state index in [1.807, 2.05) is 24.3 Å². The van der Waals surface area contributed by atoms with Gasteiger partial charge in [0.15, 0.2) is 5.82 Å². The second-order valence-corrected chi connectivity index (χ2v) is 7.02. The van der Waals surface area contributed by atoms with Crippen molar-refractivity contribution in [3.8, 4) is 0 Å². The van der Waals surface area contributed by atoms with E-state index < -0.39 is 0 Å². The number of hydrogen-bond acceptors (Lipinski definition) is 6. The molecule has 6 nitrogen and oxygen atoms in total. The quantitative estimate of drug-likeness (QED) is 0.872. The molecule has 24 heavy (non-hydrogen) atoms. The minimum absolute atomic E-state index is 0.0646. The normalized spacial score (nSPS) is 31.8. The number of para-hydroxylation sites is 2. The van der Waals surface area contributed by atoms with E-state index in [2.05, 4.69) is 25.2 Å². The first kappa shape index (κ1) is 14.2. The summed E-state index contributed by atoms with van der Waals surface area (Å²) in [4.78, 5) is 16.1. The lowest BCUT2D eigenvalue weighted by molar-refractivity contribution is -0.109. The smallest absolute Gasteiger partial charge is 0.291 e. The molecule has 1 aromatic carbocycles. The Balaban J connectivity index is 1.38. The Kier molecular flexibility index (Phi) is 3.19. The van der Waals surface area contributed by atoms with Crippen LogP contribution in [0.25, 0.3) is 11.0 Å². The predicted octanol–water partition coefficient (Wildman–Crippen LogP) is 2.28. The fourth-order valence-electron chi connectivity index (χ4n) is 4.34. The zero-order valence-electron chi connectivity index (χ0n) is 13.6. The van der Waals surface area contributed by atoms with Gasteiger partial charge in [0, 0.05) is 25.4 Å². The fourth-order valence-corrected chi connectivity index (χ4v) is 4.34. The fraction of sp³-hybridized carbons (Fsp3) is 0.500. The summed E-state index contributed by atoms with van der Waals surface area (Å²) in [6.07, 6.45) is 5.24. The van der Waals surface area contributed by atoms with E-state index in [0.29, 0.717) is 17.8 Å². The number of fused-ring (bicyclic) bond motifs is 3. The van der Waals surface area contributed by atoms with Crippen LogP contribution in [0.2, 0.25) is 0 Å². The predicted molar refractivity (Wildman–Crippen MR) is 93.1 cm³/mol. The van der Waals surface area contributed by atoms with Crippen molar-refractivity contribution in [3.63, 3.8) is 0 Å². The van der Waals surface area contributed by atoms with Crippen molar-refractivity contribution in [2.75, 3.05) is 31.5 Å². The molecule has 1 atom stereocenters. The van der Waals surface area contributed by atoms with Gasteiger partial charge in [0.05, 0.1) is 17.2 Å². The Morgan fingerprint density at radius 3 is 2.79 bits per heavy atom. The van der Waals surface area contributed by atoms with E-state index in [0.717, 1.165) is 30.5 Å². The molecule has 3 saturated heterocycles. The van der Waals surface area contributed by atoms with Gasteiger partial charge in [-0.15, -0.1) is 0 Å². The van der Waals surface area contributed by atoms with Crippen LogP contribution in [0.3, 0.4) is 0 Å². The molecule has 6 heteroatoms. The number of nitrogens with zero attached hydrogens (tertiary/aromatic N) is 4. The summed E-state index contributed by atoms with van der Waals surface area (Å²) in [5.41, 5.74) is 1.70. The molecule has 0 amide bonds. The van der Waals surface area contributed by atoms with Crippen molar-refractivity contribution in [1.82, 2.24) is 14.9 Å². The van der Waals surface area contributed by atoms with Crippen LogP contribution in [-0.2, 0) is 4.74 Å². The van der Waals surface area contributed by atoms with Crippen molar-refractivity contribution in [1.29, 1.82) is 0 Å². The first-order valence-corrected chi connectivity index (χ1v) is 8.75. The second kappa shape index (κ2) is 5.41. The zero-order valence-corrected chi connectivity index (χ0v) is 13.6. The summed E-state index contributed by atoms with van der Waals surface area (Å²) in [6, 6.07) is 8.46. The minimum Gasteiger partial charge on any atom is -0.457 e. The number of aliphatic imine (C=N–C) groups is 1. The molecule has 2 bridgehead atoms. The first-order chi connectivity index (χ1) is 11.8. The van der Waals surface area contributed by atoms with Crippen LogP contribution in [-0.4, -0.2) is 52.7 Å². The van der Waals surface area contributed by atoms with Crippen molar-refractivity contribution < 1.29 is 4.74 Å². The van der Waals surface area contributed by atoms with Crippen LogP contribution in [0.15, 0.2) is 35.5 Å². The molecule has 0 saturated carbocycles. The van der Waals surface area contributed by atoms with Crippen LogP contribution in [0.4, 0.5) is 5.82 Å². The maximum Gasteiger partial charge on any atom is 0.291 e. The highest BCUT2D eigenvalue weighted by molar-refractivity contribution is 5.89. The Bertz CT molecular complexity index is 799. The Morgan fingerprint density at radius 1 is 1.17 bits per heavy atom. The van der Waals surface area contributed by atoms with Gasteiger partial charge in [-0.1, -0.05) is 12.1 Å². The first-order valence-electron chi connectivity index (χ1n) is 8.75. The molecule has 1 spiro atoms. The average Bonchev–Trinajstić information content (AvgIpc) is 2.62. The van der Waals surface area contributed by atoms with Crippen LogP contribution in [0.1, 0.15) is 19.3 Å². The molecule has 1 N–H and O–H groups in total. The second-order valence-electron chi connectivity index (χ2n) is 7.02.